The molecule has 0 saturated carbocycles. The van der Waals surface area contributed by atoms with E-state index in [0.29, 0.717) is 12.5 Å². The van der Waals surface area contributed by atoms with Gasteiger partial charge in [0.15, 0.2) is 4.90 Å². The highest BCUT2D eigenvalue weighted by atomic mass is 32.2. The summed E-state index contributed by atoms with van der Waals surface area (Å²) in [5.41, 5.74) is -0.325. The molecule has 3 N–H and O–H groups in total. The maximum absolute atomic E-state index is 11.5. The van der Waals surface area contributed by atoms with Crippen LogP contribution in [0, 0.1) is 16.0 Å². The molecular weight excluding hydrogens is 320 g/mol. The number of nitro benzene ring substituents is 1. The number of likely N-dealkylation sites (tertiary alicyclic amines) is 1. The quantitative estimate of drug-likeness (QED) is 0.595. The molecule has 128 valence electrons. The van der Waals surface area contributed by atoms with E-state index in [2.05, 4.69) is 17.1 Å². The van der Waals surface area contributed by atoms with Gasteiger partial charge in [-0.2, -0.15) is 0 Å². The molecule has 1 fully saturated rings. The van der Waals surface area contributed by atoms with Crippen LogP contribution >= 0.6 is 0 Å². The molecule has 0 aliphatic carbocycles. The van der Waals surface area contributed by atoms with E-state index in [4.69, 9.17) is 5.14 Å². The minimum Gasteiger partial charge on any atom is -0.378 e. The van der Waals surface area contributed by atoms with Crippen LogP contribution in [-0.2, 0) is 10.0 Å². The summed E-state index contributed by atoms with van der Waals surface area (Å²) in [6.45, 7) is 5.50. The van der Waals surface area contributed by atoms with Gasteiger partial charge in [0.1, 0.15) is 5.69 Å². The summed E-state index contributed by atoms with van der Waals surface area (Å²) in [6.07, 6.45) is 2.38. The Balaban J connectivity index is 2.09. The average molecular weight is 342 g/mol. The predicted molar refractivity (Wildman–Crippen MR) is 87.8 cm³/mol. The molecule has 9 heteroatoms. The molecule has 1 aromatic rings. The standard InChI is InChI=1S/C14H22N4O4S/c1-11-4-3-8-17(10-11)9-7-16-12-5-2-6-13(23(15,21)22)14(12)18(19)20/h2,5-6,11,16H,3-4,7-10H2,1H3,(H2,15,21,22). The Morgan fingerprint density at radius 3 is 2.83 bits per heavy atom. The van der Waals surface area contributed by atoms with Crippen LogP contribution < -0.4 is 10.5 Å². The minimum absolute atomic E-state index is 0.173. The number of nitrogens with two attached hydrogens (primary N) is 1. The van der Waals surface area contributed by atoms with Crippen molar-refractivity contribution in [3.63, 3.8) is 0 Å². The van der Waals surface area contributed by atoms with Crippen LogP contribution in [0.15, 0.2) is 23.1 Å². The van der Waals surface area contributed by atoms with E-state index in [1.807, 2.05) is 0 Å². The largest absolute Gasteiger partial charge is 0.378 e. The number of piperidine rings is 1. The highest BCUT2D eigenvalue weighted by molar-refractivity contribution is 7.89. The highest BCUT2D eigenvalue weighted by Gasteiger charge is 2.26. The van der Waals surface area contributed by atoms with Crippen LogP contribution in [0.5, 0.6) is 0 Å². The van der Waals surface area contributed by atoms with E-state index in [0.717, 1.165) is 32.1 Å². The number of benzene rings is 1. The maximum atomic E-state index is 11.5. The van der Waals surface area contributed by atoms with E-state index in [-0.39, 0.29) is 5.69 Å². The maximum Gasteiger partial charge on any atom is 0.312 e. The van der Waals surface area contributed by atoms with Crippen molar-refractivity contribution in [3.8, 4) is 0 Å². The van der Waals surface area contributed by atoms with Gasteiger partial charge in [-0.15, -0.1) is 0 Å². The molecule has 1 unspecified atom stereocenters. The van der Waals surface area contributed by atoms with Gasteiger partial charge in [0.2, 0.25) is 10.0 Å². The van der Waals surface area contributed by atoms with E-state index >= 15 is 0 Å². The van der Waals surface area contributed by atoms with Crippen molar-refractivity contribution < 1.29 is 13.3 Å². The van der Waals surface area contributed by atoms with Crippen molar-refractivity contribution in [2.75, 3.05) is 31.5 Å². The second-order valence-corrected chi connectivity index (χ2v) is 7.46. The Morgan fingerprint density at radius 1 is 1.48 bits per heavy atom. The third-order valence-corrected chi connectivity index (χ3v) is 4.92. The summed E-state index contributed by atoms with van der Waals surface area (Å²) in [7, 11) is -4.15. The number of anilines is 1. The van der Waals surface area contributed by atoms with Gasteiger partial charge in [0, 0.05) is 19.6 Å². The summed E-state index contributed by atoms with van der Waals surface area (Å²) in [5.74, 6) is 0.656. The van der Waals surface area contributed by atoms with Crippen LogP contribution in [-0.4, -0.2) is 44.4 Å². The lowest BCUT2D eigenvalue weighted by Crippen LogP contribution is -2.37. The normalized spacial score (nSPS) is 19.5. The molecule has 0 bridgehead atoms. The molecule has 1 heterocycles. The van der Waals surface area contributed by atoms with Gasteiger partial charge in [0.05, 0.1) is 4.92 Å². The Hall–Kier alpha value is -1.71. The summed E-state index contributed by atoms with van der Waals surface area (Å²) in [4.78, 5) is 12.3. The molecule has 1 saturated heterocycles. The Bertz CT molecular complexity index is 677. The van der Waals surface area contributed by atoms with Crippen LogP contribution in [0.25, 0.3) is 0 Å². The Morgan fingerprint density at radius 2 is 2.22 bits per heavy atom. The fraction of sp³-hybridized carbons (Fsp3) is 0.571. The molecule has 2 rings (SSSR count). The van der Waals surface area contributed by atoms with Crippen molar-refractivity contribution in [2.45, 2.75) is 24.7 Å². The number of nitrogens with zero attached hydrogens (tertiary/aromatic N) is 2. The molecular formula is C14H22N4O4S. The van der Waals surface area contributed by atoms with E-state index in [1.54, 1.807) is 0 Å². The van der Waals surface area contributed by atoms with E-state index in [9.17, 15) is 18.5 Å². The van der Waals surface area contributed by atoms with Gasteiger partial charge in [-0.25, -0.2) is 13.6 Å². The Kier molecular flexibility index (Phi) is 5.55. The van der Waals surface area contributed by atoms with Gasteiger partial charge in [0.25, 0.3) is 0 Å². The van der Waals surface area contributed by atoms with Crippen molar-refractivity contribution in [1.82, 2.24) is 4.90 Å². The predicted octanol–water partition coefficient (Wildman–Crippen LogP) is 1.39. The summed E-state index contributed by atoms with van der Waals surface area (Å²) in [5, 5.41) is 19.3. The molecule has 1 aliphatic heterocycles. The first-order chi connectivity index (χ1) is 10.8. The lowest BCUT2D eigenvalue weighted by Gasteiger charge is -2.30. The number of sulfonamides is 1. The molecule has 0 aromatic heterocycles. The zero-order valence-electron chi connectivity index (χ0n) is 13.1. The Labute approximate surface area is 135 Å². The zero-order valence-corrected chi connectivity index (χ0v) is 13.9. The molecule has 1 atom stereocenters. The SMILES string of the molecule is CC1CCCN(CCNc2cccc(S(N)(=O)=O)c2[N+](=O)[O-])C1. The molecule has 0 amide bonds. The molecule has 1 aliphatic rings. The van der Waals surface area contributed by atoms with Gasteiger partial charge >= 0.3 is 5.69 Å². The van der Waals surface area contributed by atoms with Crippen LogP contribution in [0.2, 0.25) is 0 Å². The summed E-state index contributed by atoms with van der Waals surface area (Å²) in [6, 6.07) is 4.08. The number of primary sulfonamides is 1. The monoisotopic (exact) mass is 342 g/mol. The van der Waals surface area contributed by atoms with Crippen molar-refractivity contribution in [3.05, 3.63) is 28.3 Å². The second kappa shape index (κ2) is 7.24. The zero-order chi connectivity index (χ0) is 17.0. The number of hydrogen-bond donors (Lipinski definition) is 2. The van der Waals surface area contributed by atoms with Crippen LogP contribution in [0.4, 0.5) is 11.4 Å². The lowest BCUT2D eigenvalue weighted by atomic mass is 10.0. The van der Waals surface area contributed by atoms with Crippen LogP contribution in [0.1, 0.15) is 19.8 Å². The van der Waals surface area contributed by atoms with Crippen LogP contribution in [0.3, 0.4) is 0 Å². The molecule has 0 spiro atoms. The number of rotatable bonds is 6. The smallest absolute Gasteiger partial charge is 0.312 e. The number of nitro groups is 1. The molecule has 1 aromatic carbocycles. The first-order valence-electron chi connectivity index (χ1n) is 7.55. The third kappa shape index (κ3) is 4.63. The summed E-state index contributed by atoms with van der Waals surface area (Å²) >= 11 is 0. The number of hydrogen-bond acceptors (Lipinski definition) is 6. The van der Waals surface area contributed by atoms with Crippen molar-refractivity contribution >= 4 is 21.4 Å². The topological polar surface area (TPSA) is 119 Å². The van der Waals surface area contributed by atoms with Gasteiger partial charge in [-0.05, 0) is 37.4 Å². The highest BCUT2D eigenvalue weighted by Crippen LogP contribution is 2.31. The molecule has 8 nitrogen and oxygen atoms in total. The second-order valence-electron chi connectivity index (χ2n) is 5.93. The first kappa shape index (κ1) is 17.6. The fourth-order valence-electron chi connectivity index (χ4n) is 2.92. The van der Waals surface area contributed by atoms with E-state index in [1.165, 1.54) is 18.6 Å². The molecule has 0 radical (unpaired) electrons. The number of nitrogens with one attached hydrogen (secondary N) is 1. The van der Waals surface area contributed by atoms with E-state index < -0.39 is 25.5 Å². The fourth-order valence-corrected chi connectivity index (χ4v) is 3.64. The third-order valence-electron chi connectivity index (χ3n) is 3.97. The summed E-state index contributed by atoms with van der Waals surface area (Å²) < 4.78 is 23.0. The minimum atomic E-state index is -4.15. The first-order valence-corrected chi connectivity index (χ1v) is 9.10. The van der Waals surface area contributed by atoms with Crippen molar-refractivity contribution in [2.24, 2.45) is 11.1 Å². The average Bonchev–Trinajstić information content (AvgIpc) is 2.46. The van der Waals surface area contributed by atoms with Gasteiger partial charge in [-0.3, -0.25) is 10.1 Å². The van der Waals surface area contributed by atoms with Crippen molar-refractivity contribution in [1.29, 1.82) is 0 Å². The number of para-hydroxylation sites is 1. The lowest BCUT2D eigenvalue weighted by molar-refractivity contribution is -0.386. The van der Waals surface area contributed by atoms with Gasteiger partial charge in [-0.1, -0.05) is 13.0 Å². The van der Waals surface area contributed by atoms with Gasteiger partial charge < -0.3 is 10.2 Å². The molecule has 23 heavy (non-hydrogen) atoms.